The number of likely N-dealkylation sites (N-methyl/N-ethyl adjacent to an activating group) is 1. The number of anilines is 2. The molecule has 0 fully saturated rings. The molecule has 1 aromatic heterocycles. The van der Waals surface area contributed by atoms with Gasteiger partial charge in [0.1, 0.15) is 0 Å². The lowest BCUT2D eigenvalue weighted by Crippen LogP contribution is -2.37. The Bertz CT molecular complexity index is 445. The van der Waals surface area contributed by atoms with Gasteiger partial charge in [-0.1, -0.05) is 0 Å². The van der Waals surface area contributed by atoms with Crippen molar-refractivity contribution in [1.82, 2.24) is 20.3 Å². The van der Waals surface area contributed by atoms with Crippen LogP contribution in [0.15, 0.2) is 0 Å². The maximum absolute atomic E-state index is 11.7. The number of rotatable bonds is 8. The van der Waals surface area contributed by atoms with Crippen LogP contribution in [0.4, 0.5) is 11.9 Å². The van der Waals surface area contributed by atoms with Crippen molar-refractivity contribution < 1.29 is 9.53 Å². The van der Waals surface area contributed by atoms with Crippen LogP contribution in [-0.2, 0) is 9.53 Å². The minimum atomic E-state index is -0.147. The first-order chi connectivity index (χ1) is 9.56. The van der Waals surface area contributed by atoms with E-state index in [1.54, 1.807) is 19.1 Å². The summed E-state index contributed by atoms with van der Waals surface area (Å²) >= 11 is 5.82. The van der Waals surface area contributed by atoms with Crippen molar-refractivity contribution in [3.05, 3.63) is 5.28 Å². The van der Waals surface area contributed by atoms with Crippen molar-refractivity contribution in [1.29, 1.82) is 0 Å². The van der Waals surface area contributed by atoms with Crippen molar-refractivity contribution in [3.63, 3.8) is 0 Å². The molecule has 1 heterocycles. The summed E-state index contributed by atoms with van der Waals surface area (Å²) in [5.74, 6) is 0.572. The molecular weight excluding hydrogens is 284 g/mol. The van der Waals surface area contributed by atoms with Gasteiger partial charge in [-0.15, -0.1) is 0 Å². The number of aromatic nitrogens is 3. The highest BCUT2D eigenvalue weighted by atomic mass is 35.5. The monoisotopic (exact) mass is 302 g/mol. The van der Waals surface area contributed by atoms with Crippen molar-refractivity contribution in [2.45, 2.75) is 6.92 Å². The molecule has 0 spiro atoms. The Morgan fingerprint density at radius 2 is 2.15 bits per heavy atom. The third-order valence-corrected chi connectivity index (χ3v) is 2.45. The maximum Gasteiger partial charge on any atom is 0.239 e. The van der Waals surface area contributed by atoms with E-state index in [9.17, 15) is 4.79 Å². The lowest BCUT2D eigenvalue weighted by Gasteiger charge is -2.17. The summed E-state index contributed by atoms with van der Waals surface area (Å²) in [6.07, 6.45) is 0. The largest absolute Gasteiger partial charge is 0.383 e. The lowest BCUT2D eigenvalue weighted by molar-refractivity contribution is -0.119. The number of halogens is 1. The van der Waals surface area contributed by atoms with Gasteiger partial charge in [0, 0.05) is 27.2 Å². The highest BCUT2D eigenvalue weighted by molar-refractivity contribution is 6.28. The summed E-state index contributed by atoms with van der Waals surface area (Å²) in [4.78, 5) is 25.4. The second-order valence-corrected chi connectivity index (χ2v) is 4.30. The van der Waals surface area contributed by atoms with Crippen LogP contribution in [-0.4, -0.2) is 61.3 Å². The third kappa shape index (κ3) is 5.54. The van der Waals surface area contributed by atoms with Gasteiger partial charge >= 0.3 is 0 Å². The first-order valence-electron chi connectivity index (χ1n) is 6.19. The molecule has 0 atom stereocenters. The number of nitrogens with zero attached hydrogens (tertiary/aromatic N) is 4. The molecule has 0 aliphatic heterocycles. The van der Waals surface area contributed by atoms with Crippen LogP contribution < -0.4 is 15.5 Å². The summed E-state index contributed by atoms with van der Waals surface area (Å²) in [7, 11) is 3.28. The molecule has 8 nitrogen and oxygen atoms in total. The lowest BCUT2D eigenvalue weighted by atomic mass is 10.5. The maximum atomic E-state index is 11.7. The molecule has 0 aliphatic carbocycles. The van der Waals surface area contributed by atoms with E-state index in [1.165, 1.54) is 0 Å². The Kier molecular flexibility index (Phi) is 6.96. The smallest absolute Gasteiger partial charge is 0.239 e. The second-order valence-electron chi connectivity index (χ2n) is 3.96. The van der Waals surface area contributed by atoms with E-state index < -0.39 is 0 Å². The van der Waals surface area contributed by atoms with Crippen LogP contribution in [0.3, 0.4) is 0 Å². The molecule has 112 valence electrons. The van der Waals surface area contributed by atoms with Gasteiger partial charge in [0.05, 0.1) is 13.2 Å². The zero-order valence-electron chi connectivity index (χ0n) is 11.8. The van der Waals surface area contributed by atoms with E-state index >= 15 is 0 Å². The van der Waals surface area contributed by atoms with Gasteiger partial charge < -0.3 is 20.3 Å². The van der Waals surface area contributed by atoms with Gasteiger partial charge in [-0.25, -0.2) is 0 Å². The Morgan fingerprint density at radius 3 is 2.80 bits per heavy atom. The molecule has 1 aromatic rings. The predicted octanol–water partition coefficient (Wildman–Crippen LogP) is 0.156. The van der Waals surface area contributed by atoms with Gasteiger partial charge in [-0.2, -0.15) is 15.0 Å². The standard InChI is InChI=1S/C11H19ClN6O2/c1-4-13-10-15-9(12)16-11(17-10)18(2)7-8(19)14-5-6-20-3/h4-7H2,1-3H3,(H,14,19)(H,13,15,16,17). The normalized spacial score (nSPS) is 10.2. The average Bonchev–Trinajstić information content (AvgIpc) is 2.38. The number of hydrogen-bond acceptors (Lipinski definition) is 7. The van der Waals surface area contributed by atoms with Gasteiger partial charge in [0.25, 0.3) is 0 Å². The van der Waals surface area contributed by atoms with Gasteiger partial charge in [0.15, 0.2) is 0 Å². The number of carbonyl (C=O) groups excluding carboxylic acids is 1. The minimum Gasteiger partial charge on any atom is -0.383 e. The summed E-state index contributed by atoms with van der Waals surface area (Å²) in [6, 6.07) is 0. The number of carbonyl (C=O) groups is 1. The number of nitrogens with one attached hydrogen (secondary N) is 2. The fourth-order valence-corrected chi connectivity index (χ4v) is 1.54. The molecule has 0 saturated carbocycles. The fraction of sp³-hybridized carbons (Fsp3) is 0.636. The molecular formula is C11H19ClN6O2. The molecule has 1 rings (SSSR count). The molecule has 0 aromatic carbocycles. The quantitative estimate of drug-likeness (QED) is 0.661. The Hall–Kier alpha value is -1.67. The van der Waals surface area contributed by atoms with Gasteiger partial charge in [0.2, 0.25) is 23.1 Å². The fourth-order valence-electron chi connectivity index (χ4n) is 1.38. The summed E-state index contributed by atoms with van der Waals surface area (Å²) in [5, 5.41) is 5.74. The molecule has 9 heteroatoms. The number of methoxy groups -OCH3 is 1. The predicted molar refractivity (Wildman–Crippen MR) is 77.2 cm³/mol. The number of hydrogen-bond donors (Lipinski definition) is 2. The van der Waals surface area contributed by atoms with Gasteiger partial charge in [-0.05, 0) is 18.5 Å². The highest BCUT2D eigenvalue weighted by Crippen LogP contribution is 2.12. The molecule has 0 bridgehead atoms. The van der Waals surface area contributed by atoms with E-state index in [1.807, 2.05) is 6.92 Å². The van der Waals surface area contributed by atoms with Crippen LogP contribution in [0.2, 0.25) is 5.28 Å². The second kappa shape index (κ2) is 8.49. The average molecular weight is 303 g/mol. The Morgan fingerprint density at radius 1 is 1.40 bits per heavy atom. The third-order valence-electron chi connectivity index (χ3n) is 2.28. The number of ether oxygens (including phenoxy) is 1. The van der Waals surface area contributed by atoms with E-state index in [4.69, 9.17) is 16.3 Å². The molecule has 0 radical (unpaired) electrons. The van der Waals surface area contributed by atoms with Crippen LogP contribution in [0.1, 0.15) is 6.92 Å². The van der Waals surface area contributed by atoms with Crippen LogP contribution in [0, 0.1) is 0 Å². The zero-order valence-corrected chi connectivity index (χ0v) is 12.6. The molecule has 0 saturated heterocycles. The van der Waals surface area contributed by atoms with E-state index in [0.29, 0.717) is 31.6 Å². The van der Waals surface area contributed by atoms with Crippen LogP contribution in [0.25, 0.3) is 0 Å². The molecule has 0 unspecified atom stereocenters. The van der Waals surface area contributed by atoms with Crippen LogP contribution >= 0.6 is 11.6 Å². The molecule has 20 heavy (non-hydrogen) atoms. The van der Waals surface area contributed by atoms with Crippen molar-refractivity contribution >= 4 is 29.4 Å². The van der Waals surface area contributed by atoms with E-state index in [2.05, 4.69) is 25.6 Å². The minimum absolute atomic E-state index is 0.0811. The van der Waals surface area contributed by atoms with Crippen molar-refractivity contribution in [2.24, 2.45) is 0 Å². The molecule has 2 N–H and O–H groups in total. The topological polar surface area (TPSA) is 92.3 Å². The van der Waals surface area contributed by atoms with E-state index in [0.717, 1.165) is 0 Å². The van der Waals surface area contributed by atoms with Crippen molar-refractivity contribution in [3.8, 4) is 0 Å². The molecule has 1 amide bonds. The summed E-state index contributed by atoms with van der Waals surface area (Å²) in [6.45, 7) is 3.64. The summed E-state index contributed by atoms with van der Waals surface area (Å²) in [5.41, 5.74) is 0. The number of amides is 1. The van der Waals surface area contributed by atoms with Gasteiger partial charge in [-0.3, -0.25) is 4.79 Å². The first-order valence-corrected chi connectivity index (χ1v) is 6.56. The Labute approximate surface area is 122 Å². The zero-order chi connectivity index (χ0) is 15.0. The Balaban J connectivity index is 2.62. The summed E-state index contributed by atoms with van der Waals surface area (Å²) < 4.78 is 4.85. The first kappa shape index (κ1) is 16.4. The van der Waals surface area contributed by atoms with Crippen molar-refractivity contribution in [2.75, 3.05) is 50.6 Å². The van der Waals surface area contributed by atoms with Crippen LogP contribution in [0.5, 0.6) is 0 Å². The SMILES string of the molecule is CCNc1nc(Cl)nc(N(C)CC(=O)NCCOC)n1. The molecule has 0 aliphatic rings. The van der Waals surface area contributed by atoms with E-state index in [-0.39, 0.29) is 17.7 Å². The highest BCUT2D eigenvalue weighted by Gasteiger charge is 2.12.